The number of pyridine rings is 1. The van der Waals surface area contributed by atoms with Crippen LogP contribution in [0.5, 0.6) is 0 Å². The summed E-state index contributed by atoms with van der Waals surface area (Å²) in [7, 11) is -3.11. The largest absolute Gasteiger partial charge is 0.320 e. The normalized spacial score (nSPS) is 21.8. The van der Waals surface area contributed by atoms with Gasteiger partial charge in [0.1, 0.15) is 0 Å². The molecule has 18 heavy (non-hydrogen) atoms. The quantitative estimate of drug-likeness (QED) is 0.818. The fourth-order valence-electron chi connectivity index (χ4n) is 1.89. The molecule has 0 spiro atoms. The molecule has 0 unspecified atom stereocenters. The molecule has 0 bridgehead atoms. The molecule has 0 aliphatic heterocycles. The molecule has 1 aromatic heterocycles. The standard InChI is InChI=1S/C12H17N3O2S/c13-12(5-6-12)11-4-1-9(7-14-11)8-15-18(16,17)10-2-3-10/h1,4,7,10,15H,2-3,5-6,8,13H2. The van der Waals surface area contributed by atoms with Crippen LogP contribution in [0.25, 0.3) is 0 Å². The maximum absolute atomic E-state index is 11.7. The summed E-state index contributed by atoms with van der Waals surface area (Å²) >= 11 is 0. The minimum Gasteiger partial charge on any atom is -0.320 e. The summed E-state index contributed by atoms with van der Waals surface area (Å²) in [6.45, 7) is 0.309. The number of nitrogens with zero attached hydrogens (tertiary/aromatic N) is 1. The first-order valence-electron chi connectivity index (χ1n) is 6.22. The van der Waals surface area contributed by atoms with E-state index in [4.69, 9.17) is 5.73 Å². The van der Waals surface area contributed by atoms with Gasteiger partial charge in [0, 0.05) is 12.7 Å². The number of hydrogen-bond acceptors (Lipinski definition) is 4. The Kier molecular flexibility index (Phi) is 2.69. The highest BCUT2D eigenvalue weighted by Crippen LogP contribution is 2.41. The molecule has 3 N–H and O–H groups in total. The molecule has 1 heterocycles. The summed E-state index contributed by atoms with van der Waals surface area (Å²) in [5, 5.41) is -0.177. The number of nitrogens with two attached hydrogens (primary N) is 1. The molecule has 6 heteroatoms. The van der Waals surface area contributed by atoms with E-state index in [-0.39, 0.29) is 10.8 Å². The van der Waals surface area contributed by atoms with Crippen LogP contribution in [0, 0.1) is 0 Å². The molecule has 5 nitrogen and oxygen atoms in total. The Labute approximate surface area is 107 Å². The molecule has 2 aliphatic carbocycles. The molecule has 0 amide bonds. The third kappa shape index (κ3) is 2.41. The van der Waals surface area contributed by atoms with Gasteiger partial charge in [0.2, 0.25) is 10.0 Å². The van der Waals surface area contributed by atoms with Gasteiger partial charge < -0.3 is 5.73 Å². The minimum absolute atomic E-state index is 0.177. The van der Waals surface area contributed by atoms with Crippen molar-refractivity contribution >= 4 is 10.0 Å². The molecule has 0 radical (unpaired) electrons. The predicted molar refractivity (Wildman–Crippen MR) is 68.1 cm³/mol. The van der Waals surface area contributed by atoms with Gasteiger partial charge in [-0.2, -0.15) is 0 Å². The van der Waals surface area contributed by atoms with E-state index in [2.05, 4.69) is 9.71 Å². The number of aromatic nitrogens is 1. The lowest BCUT2D eigenvalue weighted by Gasteiger charge is -2.09. The Hall–Kier alpha value is -0.980. The van der Waals surface area contributed by atoms with Crippen molar-refractivity contribution in [2.24, 2.45) is 5.73 Å². The van der Waals surface area contributed by atoms with Gasteiger partial charge in [0.15, 0.2) is 0 Å². The maximum Gasteiger partial charge on any atom is 0.214 e. The predicted octanol–water partition coefficient (Wildman–Crippen LogP) is 0.611. The summed E-state index contributed by atoms with van der Waals surface area (Å²) in [5.74, 6) is 0. The van der Waals surface area contributed by atoms with Gasteiger partial charge in [-0.05, 0) is 37.3 Å². The fraction of sp³-hybridized carbons (Fsp3) is 0.583. The van der Waals surface area contributed by atoms with Gasteiger partial charge in [-0.3, -0.25) is 4.98 Å². The average molecular weight is 267 g/mol. The first-order chi connectivity index (χ1) is 8.50. The molecule has 0 atom stereocenters. The lowest BCUT2D eigenvalue weighted by atomic mass is 10.1. The monoisotopic (exact) mass is 267 g/mol. The molecule has 2 aliphatic rings. The second-order valence-electron chi connectivity index (χ2n) is 5.27. The van der Waals surface area contributed by atoms with Crippen molar-refractivity contribution in [3.05, 3.63) is 29.6 Å². The summed E-state index contributed by atoms with van der Waals surface area (Å²) in [4.78, 5) is 4.31. The summed E-state index contributed by atoms with van der Waals surface area (Å²) in [5.41, 5.74) is 7.57. The highest BCUT2D eigenvalue weighted by molar-refractivity contribution is 7.90. The molecule has 2 fully saturated rings. The second kappa shape index (κ2) is 4.01. The average Bonchev–Trinajstić information content (AvgIpc) is 3.21. The summed E-state index contributed by atoms with van der Waals surface area (Å²) in [6.07, 6.45) is 5.23. The van der Waals surface area contributed by atoms with Crippen LogP contribution in [0.1, 0.15) is 36.9 Å². The van der Waals surface area contributed by atoms with Crippen LogP contribution in [-0.4, -0.2) is 18.7 Å². The first-order valence-corrected chi connectivity index (χ1v) is 7.77. The van der Waals surface area contributed by atoms with Crippen LogP contribution in [0.2, 0.25) is 0 Å². The van der Waals surface area contributed by atoms with Crippen molar-refractivity contribution in [2.75, 3.05) is 0 Å². The SMILES string of the molecule is NC1(c2ccc(CNS(=O)(=O)C3CC3)cn2)CC1. The van der Waals surface area contributed by atoms with Crippen molar-refractivity contribution in [2.45, 2.75) is 43.0 Å². The van der Waals surface area contributed by atoms with E-state index in [0.29, 0.717) is 6.54 Å². The van der Waals surface area contributed by atoms with Crippen LogP contribution in [0.4, 0.5) is 0 Å². The van der Waals surface area contributed by atoms with E-state index in [1.807, 2.05) is 12.1 Å². The van der Waals surface area contributed by atoms with E-state index in [1.165, 1.54) is 0 Å². The number of hydrogen-bond donors (Lipinski definition) is 2. The van der Waals surface area contributed by atoms with Crippen LogP contribution in [0.15, 0.2) is 18.3 Å². The van der Waals surface area contributed by atoms with Gasteiger partial charge >= 0.3 is 0 Å². The lowest BCUT2D eigenvalue weighted by molar-refractivity contribution is 0.579. The van der Waals surface area contributed by atoms with E-state index < -0.39 is 10.0 Å². The van der Waals surface area contributed by atoms with Gasteiger partial charge in [0.25, 0.3) is 0 Å². The fourth-order valence-corrected chi connectivity index (χ4v) is 3.25. The maximum atomic E-state index is 11.7. The molecule has 0 aromatic carbocycles. The van der Waals surface area contributed by atoms with Crippen molar-refractivity contribution in [3.8, 4) is 0 Å². The van der Waals surface area contributed by atoms with Crippen molar-refractivity contribution in [1.29, 1.82) is 0 Å². The summed E-state index contributed by atoms with van der Waals surface area (Å²) in [6, 6.07) is 3.79. The highest BCUT2D eigenvalue weighted by atomic mass is 32.2. The zero-order valence-corrected chi connectivity index (χ0v) is 10.9. The van der Waals surface area contributed by atoms with Gasteiger partial charge in [-0.25, -0.2) is 13.1 Å². The third-order valence-electron chi connectivity index (χ3n) is 3.56. The highest BCUT2D eigenvalue weighted by Gasteiger charge is 2.41. The Morgan fingerprint density at radius 3 is 2.61 bits per heavy atom. The molecule has 2 saturated carbocycles. The first kappa shape index (κ1) is 12.1. The molecule has 98 valence electrons. The topological polar surface area (TPSA) is 85.1 Å². The number of sulfonamides is 1. The van der Waals surface area contributed by atoms with Gasteiger partial charge in [0.05, 0.1) is 16.5 Å². The molecular weight excluding hydrogens is 250 g/mol. The third-order valence-corrected chi connectivity index (χ3v) is 5.46. The summed E-state index contributed by atoms with van der Waals surface area (Å²) < 4.78 is 25.9. The number of rotatable bonds is 5. The van der Waals surface area contributed by atoms with Crippen LogP contribution < -0.4 is 10.5 Å². The second-order valence-corrected chi connectivity index (χ2v) is 7.32. The van der Waals surface area contributed by atoms with E-state index in [0.717, 1.165) is 36.9 Å². The molecular formula is C12H17N3O2S. The molecule has 1 aromatic rings. The minimum atomic E-state index is -3.11. The smallest absolute Gasteiger partial charge is 0.214 e. The van der Waals surface area contributed by atoms with Crippen LogP contribution in [0.3, 0.4) is 0 Å². The zero-order chi connectivity index (χ0) is 12.8. The Morgan fingerprint density at radius 1 is 1.39 bits per heavy atom. The van der Waals surface area contributed by atoms with E-state index in [1.54, 1.807) is 6.20 Å². The van der Waals surface area contributed by atoms with Gasteiger partial charge in [-0.1, -0.05) is 6.07 Å². The van der Waals surface area contributed by atoms with Crippen molar-refractivity contribution in [1.82, 2.24) is 9.71 Å². The van der Waals surface area contributed by atoms with Crippen LogP contribution in [-0.2, 0) is 22.1 Å². The zero-order valence-electron chi connectivity index (χ0n) is 10.1. The van der Waals surface area contributed by atoms with E-state index >= 15 is 0 Å². The van der Waals surface area contributed by atoms with Crippen molar-refractivity contribution < 1.29 is 8.42 Å². The molecule has 3 rings (SSSR count). The Morgan fingerprint density at radius 2 is 2.11 bits per heavy atom. The molecule has 0 saturated heterocycles. The van der Waals surface area contributed by atoms with Gasteiger partial charge in [-0.15, -0.1) is 0 Å². The lowest BCUT2D eigenvalue weighted by Crippen LogP contribution is -2.27. The Bertz CT molecular complexity index is 545. The van der Waals surface area contributed by atoms with E-state index in [9.17, 15) is 8.42 Å². The Balaban J connectivity index is 1.63. The number of nitrogens with one attached hydrogen (secondary N) is 1. The van der Waals surface area contributed by atoms with Crippen LogP contribution >= 0.6 is 0 Å². The van der Waals surface area contributed by atoms with Crippen molar-refractivity contribution in [3.63, 3.8) is 0 Å².